The Kier molecular flexibility index (Phi) is 4.93. The fourth-order valence-electron chi connectivity index (χ4n) is 2.97. The molecule has 0 bridgehead atoms. The summed E-state index contributed by atoms with van der Waals surface area (Å²) in [6.45, 7) is 5.81. The maximum absolute atomic E-state index is 12.8. The highest BCUT2D eigenvalue weighted by Gasteiger charge is 2.44. The van der Waals surface area contributed by atoms with Gasteiger partial charge in [-0.15, -0.1) is 0 Å². The third-order valence-corrected chi connectivity index (χ3v) is 4.82. The summed E-state index contributed by atoms with van der Waals surface area (Å²) in [5.41, 5.74) is 0.507. The van der Waals surface area contributed by atoms with Gasteiger partial charge in [0.05, 0.1) is 24.2 Å². The highest BCUT2D eigenvalue weighted by Crippen LogP contribution is 2.38. The van der Waals surface area contributed by atoms with E-state index in [0.717, 1.165) is 0 Å². The zero-order valence-corrected chi connectivity index (χ0v) is 13.7. The third kappa shape index (κ3) is 3.08. The lowest BCUT2D eigenvalue weighted by atomic mass is 9.79. The number of ketones is 1. The first-order chi connectivity index (χ1) is 9.86. The summed E-state index contributed by atoms with van der Waals surface area (Å²) in [4.78, 5) is 12.8. The van der Waals surface area contributed by atoms with Crippen molar-refractivity contribution in [3.05, 3.63) is 33.8 Å². The van der Waals surface area contributed by atoms with E-state index >= 15 is 0 Å². The SMILES string of the molecule is CC1OC(C)C(C(=O)C(C#N)c2ccc(Cl)cc2Cl)C1C. The summed E-state index contributed by atoms with van der Waals surface area (Å²) < 4.78 is 5.70. The van der Waals surface area contributed by atoms with Gasteiger partial charge in [-0.1, -0.05) is 36.2 Å². The number of halogens is 2. The molecule has 5 atom stereocenters. The molecule has 1 aliphatic heterocycles. The van der Waals surface area contributed by atoms with Crippen LogP contribution in [0.3, 0.4) is 0 Å². The van der Waals surface area contributed by atoms with Gasteiger partial charge >= 0.3 is 0 Å². The first kappa shape index (κ1) is 16.3. The molecule has 0 aromatic heterocycles. The Morgan fingerprint density at radius 3 is 2.43 bits per heavy atom. The van der Waals surface area contributed by atoms with Gasteiger partial charge in [-0.3, -0.25) is 4.79 Å². The minimum absolute atomic E-state index is 0.00832. The number of hydrogen-bond acceptors (Lipinski definition) is 3. The van der Waals surface area contributed by atoms with E-state index in [1.807, 2.05) is 20.8 Å². The number of carbonyl (C=O) groups excluding carboxylic acids is 1. The number of carbonyl (C=O) groups is 1. The van der Waals surface area contributed by atoms with Gasteiger partial charge in [0.2, 0.25) is 0 Å². The Morgan fingerprint density at radius 1 is 1.29 bits per heavy atom. The first-order valence-electron chi connectivity index (χ1n) is 6.90. The van der Waals surface area contributed by atoms with E-state index in [2.05, 4.69) is 6.07 Å². The molecular weight excluding hydrogens is 309 g/mol. The van der Waals surface area contributed by atoms with E-state index in [1.165, 1.54) is 0 Å². The predicted octanol–water partition coefficient (Wildman–Crippen LogP) is 4.23. The molecule has 1 heterocycles. The van der Waals surface area contributed by atoms with Gasteiger partial charge < -0.3 is 4.74 Å². The lowest BCUT2D eigenvalue weighted by molar-refractivity contribution is -0.125. The number of ether oxygens (including phenoxy) is 1. The Bertz CT molecular complexity index is 596. The van der Waals surface area contributed by atoms with E-state index in [1.54, 1.807) is 18.2 Å². The largest absolute Gasteiger partial charge is 0.375 e. The van der Waals surface area contributed by atoms with Crippen LogP contribution >= 0.6 is 23.2 Å². The maximum atomic E-state index is 12.8. The van der Waals surface area contributed by atoms with Crippen LogP contribution in [0, 0.1) is 23.2 Å². The van der Waals surface area contributed by atoms with Crippen molar-refractivity contribution >= 4 is 29.0 Å². The van der Waals surface area contributed by atoms with Gasteiger partial charge in [-0.2, -0.15) is 5.26 Å². The molecule has 0 radical (unpaired) electrons. The van der Waals surface area contributed by atoms with Gasteiger partial charge in [-0.25, -0.2) is 0 Å². The molecule has 1 aliphatic rings. The van der Waals surface area contributed by atoms with Crippen LogP contribution in [-0.4, -0.2) is 18.0 Å². The summed E-state index contributed by atoms with van der Waals surface area (Å²) in [5, 5.41) is 10.3. The molecule has 0 spiro atoms. The molecule has 1 aromatic carbocycles. The van der Waals surface area contributed by atoms with Crippen molar-refractivity contribution in [2.45, 2.75) is 38.9 Å². The molecule has 0 N–H and O–H groups in total. The van der Waals surface area contributed by atoms with E-state index in [4.69, 9.17) is 27.9 Å². The van der Waals surface area contributed by atoms with Crippen molar-refractivity contribution in [1.82, 2.24) is 0 Å². The highest BCUT2D eigenvalue weighted by atomic mass is 35.5. The van der Waals surface area contributed by atoms with Crippen LogP contribution in [0.25, 0.3) is 0 Å². The molecule has 0 aliphatic carbocycles. The Morgan fingerprint density at radius 2 is 1.95 bits per heavy atom. The zero-order valence-electron chi connectivity index (χ0n) is 12.1. The fourth-order valence-corrected chi connectivity index (χ4v) is 3.49. The minimum Gasteiger partial charge on any atom is -0.375 e. The molecule has 5 unspecified atom stereocenters. The topological polar surface area (TPSA) is 50.1 Å². The average Bonchev–Trinajstić information content (AvgIpc) is 2.66. The van der Waals surface area contributed by atoms with Gasteiger partial charge in [0.25, 0.3) is 0 Å². The molecule has 3 nitrogen and oxygen atoms in total. The second kappa shape index (κ2) is 6.36. The monoisotopic (exact) mass is 325 g/mol. The number of hydrogen-bond donors (Lipinski definition) is 0. The van der Waals surface area contributed by atoms with Gasteiger partial charge in [-0.05, 0) is 37.5 Å². The Hall–Kier alpha value is -1.08. The van der Waals surface area contributed by atoms with Crippen LogP contribution in [0.2, 0.25) is 10.0 Å². The Balaban J connectivity index is 2.34. The smallest absolute Gasteiger partial charge is 0.160 e. The van der Waals surface area contributed by atoms with Crippen molar-refractivity contribution < 1.29 is 9.53 Å². The fraction of sp³-hybridized carbons (Fsp3) is 0.500. The number of benzene rings is 1. The summed E-state index contributed by atoms with van der Waals surface area (Å²) in [5.74, 6) is -1.24. The third-order valence-electron chi connectivity index (χ3n) is 4.26. The van der Waals surface area contributed by atoms with Crippen LogP contribution < -0.4 is 0 Å². The molecule has 1 fully saturated rings. The van der Waals surface area contributed by atoms with E-state index in [-0.39, 0.29) is 29.8 Å². The predicted molar refractivity (Wildman–Crippen MR) is 82.5 cm³/mol. The summed E-state index contributed by atoms with van der Waals surface area (Å²) in [6, 6.07) is 6.91. The summed E-state index contributed by atoms with van der Waals surface area (Å²) in [7, 11) is 0. The van der Waals surface area contributed by atoms with E-state index in [9.17, 15) is 10.1 Å². The number of nitriles is 1. The number of nitrogens with zero attached hydrogens (tertiary/aromatic N) is 1. The van der Waals surface area contributed by atoms with E-state index < -0.39 is 5.92 Å². The zero-order chi connectivity index (χ0) is 15.7. The normalized spacial score (nSPS) is 29.9. The van der Waals surface area contributed by atoms with Crippen molar-refractivity contribution in [3.63, 3.8) is 0 Å². The molecule has 2 rings (SSSR count). The lowest BCUT2D eigenvalue weighted by Crippen LogP contribution is -2.30. The first-order valence-corrected chi connectivity index (χ1v) is 7.66. The highest BCUT2D eigenvalue weighted by molar-refractivity contribution is 6.35. The quantitative estimate of drug-likeness (QED) is 0.835. The molecule has 5 heteroatoms. The summed E-state index contributed by atoms with van der Waals surface area (Å²) in [6.07, 6.45) is -0.182. The van der Waals surface area contributed by atoms with Crippen LogP contribution in [0.15, 0.2) is 18.2 Å². The molecule has 0 amide bonds. The van der Waals surface area contributed by atoms with Crippen molar-refractivity contribution in [3.8, 4) is 6.07 Å². The number of rotatable bonds is 3. The second-order valence-electron chi connectivity index (χ2n) is 5.56. The average molecular weight is 326 g/mol. The van der Waals surface area contributed by atoms with Crippen molar-refractivity contribution in [1.29, 1.82) is 5.26 Å². The van der Waals surface area contributed by atoms with Gasteiger partial charge in [0, 0.05) is 10.0 Å². The Labute approximate surface area is 134 Å². The van der Waals surface area contributed by atoms with Crippen LogP contribution in [-0.2, 0) is 9.53 Å². The standard InChI is InChI=1S/C16H17Cl2NO2/c1-8-9(2)21-10(3)15(8)16(20)13(7-19)12-5-4-11(17)6-14(12)18/h4-6,8-10,13,15H,1-3H3. The van der Waals surface area contributed by atoms with Crippen molar-refractivity contribution in [2.75, 3.05) is 0 Å². The van der Waals surface area contributed by atoms with Crippen LogP contribution in [0.4, 0.5) is 0 Å². The maximum Gasteiger partial charge on any atom is 0.160 e. The molecule has 112 valence electrons. The molecule has 0 saturated carbocycles. The van der Waals surface area contributed by atoms with Gasteiger partial charge in [0.15, 0.2) is 5.78 Å². The lowest BCUT2D eigenvalue weighted by Gasteiger charge is -2.20. The van der Waals surface area contributed by atoms with Crippen LogP contribution in [0.5, 0.6) is 0 Å². The minimum atomic E-state index is -0.890. The summed E-state index contributed by atoms with van der Waals surface area (Å²) >= 11 is 12.0. The molecule has 21 heavy (non-hydrogen) atoms. The van der Waals surface area contributed by atoms with E-state index in [0.29, 0.717) is 15.6 Å². The number of Topliss-reactive ketones (excluding diaryl/α,β-unsaturated/α-hetero) is 1. The van der Waals surface area contributed by atoms with Crippen LogP contribution in [0.1, 0.15) is 32.3 Å². The van der Waals surface area contributed by atoms with Gasteiger partial charge in [0.1, 0.15) is 5.92 Å². The molecule has 1 aromatic rings. The second-order valence-corrected chi connectivity index (χ2v) is 6.41. The molecular formula is C16H17Cl2NO2. The molecule has 1 saturated heterocycles. The van der Waals surface area contributed by atoms with Crippen molar-refractivity contribution in [2.24, 2.45) is 11.8 Å².